The van der Waals surface area contributed by atoms with Crippen molar-refractivity contribution >= 4 is 17.2 Å². The molecule has 3 nitrogen and oxygen atoms in total. The third kappa shape index (κ3) is 3.24. The number of hydrogen-bond donors (Lipinski definition) is 0. The average molecular weight is 336 g/mol. The van der Waals surface area contributed by atoms with Crippen molar-refractivity contribution in [1.29, 1.82) is 0 Å². The molecule has 1 atom stereocenters. The first-order valence-corrected chi connectivity index (χ1v) is 8.73. The van der Waals surface area contributed by atoms with E-state index in [4.69, 9.17) is 0 Å². The number of aromatic nitrogens is 1. The molecule has 0 aliphatic carbocycles. The number of thiophene rings is 1. The summed E-state index contributed by atoms with van der Waals surface area (Å²) in [5.74, 6) is 0.0310. The molecular formula is C20H20N2OS. The van der Waals surface area contributed by atoms with E-state index in [2.05, 4.69) is 24.0 Å². The van der Waals surface area contributed by atoms with Gasteiger partial charge in [0.2, 0.25) is 0 Å². The van der Waals surface area contributed by atoms with Gasteiger partial charge in [0.15, 0.2) is 0 Å². The molecule has 122 valence electrons. The summed E-state index contributed by atoms with van der Waals surface area (Å²) in [7, 11) is 1.83. The van der Waals surface area contributed by atoms with Crippen LogP contribution in [0.5, 0.6) is 0 Å². The lowest BCUT2D eigenvalue weighted by molar-refractivity contribution is 0.0744. The number of aryl methyl sites for hydroxylation is 1. The first kappa shape index (κ1) is 16.4. The molecule has 24 heavy (non-hydrogen) atoms. The summed E-state index contributed by atoms with van der Waals surface area (Å²) in [6, 6.07) is 17.9. The van der Waals surface area contributed by atoms with Gasteiger partial charge in [-0.3, -0.25) is 9.78 Å². The lowest BCUT2D eigenvalue weighted by atomic mass is 10.1. The minimum atomic E-state index is -0.0683. The van der Waals surface area contributed by atoms with Crippen molar-refractivity contribution in [3.63, 3.8) is 0 Å². The van der Waals surface area contributed by atoms with Crippen molar-refractivity contribution < 1.29 is 4.79 Å². The highest BCUT2D eigenvalue weighted by Gasteiger charge is 2.22. The van der Waals surface area contributed by atoms with E-state index in [0.717, 1.165) is 26.6 Å². The van der Waals surface area contributed by atoms with Gasteiger partial charge in [0.05, 0.1) is 16.6 Å². The van der Waals surface area contributed by atoms with Crippen LogP contribution in [0.1, 0.15) is 33.9 Å². The normalized spacial score (nSPS) is 12.0. The second-order valence-electron chi connectivity index (χ2n) is 5.84. The van der Waals surface area contributed by atoms with Crippen LogP contribution in [0.3, 0.4) is 0 Å². The Balaban J connectivity index is 1.85. The van der Waals surface area contributed by atoms with Gasteiger partial charge in [-0.15, -0.1) is 11.3 Å². The Bertz CT molecular complexity index is 827. The lowest BCUT2D eigenvalue weighted by Crippen LogP contribution is -2.29. The second kappa shape index (κ2) is 6.97. The Morgan fingerprint density at radius 2 is 1.83 bits per heavy atom. The van der Waals surface area contributed by atoms with E-state index < -0.39 is 0 Å². The molecule has 0 saturated carbocycles. The van der Waals surface area contributed by atoms with Crippen LogP contribution >= 0.6 is 11.3 Å². The quantitative estimate of drug-likeness (QED) is 0.675. The van der Waals surface area contributed by atoms with Crippen molar-refractivity contribution in [3.8, 4) is 10.4 Å². The van der Waals surface area contributed by atoms with Gasteiger partial charge in [0.1, 0.15) is 0 Å². The summed E-state index contributed by atoms with van der Waals surface area (Å²) < 4.78 is 0. The highest BCUT2D eigenvalue weighted by molar-refractivity contribution is 7.17. The van der Waals surface area contributed by atoms with E-state index in [-0.39, 0.29) is 11.9 Å². The van der Waals surface area contributed by atoms with Gasteiger partial charge in [0, 0.05) is 18.1 Å². The molecule has 3 rings (SSSR count). The summed E-state index contributed by atoms with van der Waals surface area (Å²) in [4.78, 5) is 20.9. The Kier molecular flexibility index (Phi) is 4.76. The second-order valence-corrected chi connectivity index (χ2v) is 6.89. The molecule has 0 aliphatic heterocycles. The molecule has 0 radical (unpaired) electrons. The molecule has 0 fully saturated rings. The summed E-state index contributed by atoms with van der Waals surface area (Å²) in [6.45, 7) is 4.05. The molecule has 1 unspecified atom stereocenters. The predicted octanol–water partition coefficient (Wildman–Crippen LogP) is 4.95. The molecule has 0 bridgehead atoms. The summed E-state index contributed by atoms with van der Waals surface area (Å²) >= 11 is 1.55. The topological polar surface area (TPSA) is 33.2 Å². The van der Waals surface area contributed by atoms with Crippen molar-refractivity contribution in [2.24, 2.45) is 0 Å². The van der Waals surface area contributed by atoms with Crippen molar-refractivity contribution in [2.45, 2.75) is 19.9 Å². The molecule has 3 aromatic rings. The maximum atomic E-state index is 12.9. The van der Waals surface area contributed by atoms with E-state index in [1.807, 2.05) is 56.4 Å². The maximum absolute atomic E-state index is 12.9. The Morgan fingerprint density at radius 1 is 1.12 bits per heavy atom. The van der Waals surface area contributed by atoms with Gasteiger partial charge < -0.3 is 4.90 Å². The first-order chi connectivity index (χ1) is 11.6. The van der Waals surface area contributed by atoms with Gasteiger partial charge in [-0.05, 0) is 43.2 Å². The molecule has 0 N–H and O–H groups in total. The number of hydrogen-bond acceptors (Lipinski definition) is 3. The van der Waals surface area contributed by atoms with Crippen LogP contribution < -0.4 is 0 Å². The number of pyridine rings is 1. The number of benzene rings is 1. The van der Waals surface area contributed by atoms with Crippen molar-refractivity contribution in [3.05, 3.63) is 76.9 Å². The molecule has 0 aliphatic rings. The van der Waals surface area contributed by atoms with Crippen LogP contribution in [0.2, 0.25) is 0 Å². The van der Waals surface area contributed by atoms with Gasteiger partial charge in [0.25, 0.3) is 5.91 Å². The summed E-state index contributed by atoms with van der Waals surface area (Å²) in [6.07, 6.45) is 1.76. The lowest BCUT2D eigenvalue weighted by Gasteiger charge is -2.23. The minimum Gasteiger partial charge on any atom is -0.333 e. The van der Waals surface area contributed by atoms with Crippen molar-refractivity contribution in [1.82, 2.24) is 9.88 Å². The SMILES string of the molecule is Cc1cc(C(=O)N(C)C(C)c2ccccn2)sc1-c1ccccc1. The monoisotopic (exact) mass is 336 g/mol. The van der Waals surface area contributed by atoms with Gasteiger partial charge >= 0.3 is 0 Å². The standard InChI is InChI=1S/C20H20N2OS/c1-14-13-18(24-19(14)16-9-5-4-6-10-16)20(23)22(3)15(2)17-11-7-8-12-21-17/h4-13,15H,1-3H3. The molecule has 4 heteroatoms. The molecule has 1 aromatic carbocycles. The Morgan fingerprint density at radius 3 is 2.50 bits per heavy atom. The number of carbonyl (C=O) groups is 1. The molecule has 1 amide bonds. The van der Waals surface area contributed by atoms with E-state index in [9.17, 15) is 4.79 Å². The number of rotatable bonds is 4. The molecule has 0 saturated heterocycles. The van der Waals surface area contributed by atoms with E-state index in [1.165, 1.54) is 0 Å². The van der Waals surface area contributed by atoms with Crippen molar-refractivity contribution in [2.75, 3.05) is 7.05 Å². The molecule has 0 spiro atoms. The first-order valence-electron chi connectivity index (χ1n) is 7.92. The third-order valence-corrected chi connectivity index (χ3v) is 5.46. The number of carbonyl (C=O) groups excluding carboxylic acids is 1. The predicted molar refractivity (Wildman–Crippen MR) is 99.2 cm³/mol. The number of amides is 1. The fourth-order valence-corrected chi connectivity index (χ4v) is 3.80. The molecule has 2 heterocycles. The summed E-state index contributed by atoms with van der Waals surface area (Å²) in [5.41, 5.74) is 3.18. The Labute approximate surface area is 146 Å². The van der Waals surface area contributed by atoms with Crippen LogP contribution in [0.15, 0.2) is 60.8 Å². The van der Waals surface area contributed by atoms with Crippen LogP contribution in [-0.4, -0.2) is 22.8 Å². The van der Waals surface area contributed by atoms with Crippen LogP contribution in [0.25, 0.3) is 10.4 Å². The maximum Gasteiger partial charge on any atom is 0.264 e. The fraction of sp³-hybridized carbons (Fsp3) is 0.200. The van der Waals surface area contributed by atoms with E-state index in [1.54, 1.807) is 22.4 Å². The average Bonchev–Trinajstić information content (AvgIpc) is 3.03. The zero-order valence-electron chi connectivity index (χ0n) is 14.1. The zero-order chi connectivity index (χ0) is 17.1. The Hall–Kier alpha value is -2.46. The van der Waals surface area contributed by atoms with E-state index in [0.29, 0.717) is 0 Å². The summed E-state index contributed by atoms with van der Waals surface area (Å²) in [5, 5.41) is 0. The van der Waals surface area contributed by atoms with Crippen LogP contribution in [-0.2, 0) is 0 Å². The van der Waals surface area contributed by atoms with Gasteiger partial charge in [-0.25, -0.2) is 0 Å². The molecule has 2 aromatic heterocycles. The number of nitrogens with zero attached hydrogens (tertiary/aromatic N) is 2. The zero-order valence-corrected chi connectivity index (χ0v) is 14.9. The smallest absolute Gasteiger partial charge is 0.264 e. The highest BCUT2D eigenvalue weighted by Crippen LogP contribution is 2.33. The third-order valence-electron chi connectivity index (χ3n) is 4.18. The van der Waals surface area contributed by atoms with Crippen LogP contribution in [0, 0.1) is 6.92 Å². The van der Waals surface area contributed by atoms with Gasteiger partial charge in [-0.2, -0.15) is 0 Å². The minimum absolute atomic E-state index is 0.0310. The highest BCUT2D eigenvalue weighted by atomic mass is 32.1. The van der Waals surface area contributed by atoms with Crippen LogP contribution in [0.4, 0.5) is 0 Å². The molecular weight excluding hydrogens is 316 g/mol. The van der Waals surface area contributed by atoms with Gasteiger partial charge in [-0.1, -0.05) is 36.4 Å². The van der Waals surface area contributed by atoms with E-state index >= 15 is 0 Å². The fourth-order valence-electron chi connectivity index (χ4n) is 2.63. The largest absolute Gasteiger partial charge is 0.333 e.